The molecule has 1 N–H and O–H groups in total. The van der Waals surface area contributed by atoms with Crippen LogP contribution in [0.1, 0.15) is 48.5 Å². The Morgan fingerprint density at radius 3 is 2.54 bits per heavy atom. The number of ketones is 1. The van der Waals surface area contributed by atoms with E-state index in [4.69, 9.17) is 4.74 Å². The predicted molar refractivity (Wildman–Crippen MR) is 136 cm³/mol. The van der Waals surface area contributed by atoms with Gasteiger partial charge in [-0.05, 0) is 41.2 Å². The van der Waals surface area contributed by atoms with Crippen molar-refractivity contribution in [1.29, 1.82) is 0 Å². The molecule has 4 rings (SSSR count). The number of aliphatic hydroxyl groups excluding tert-OH is 1. The van der Waals surface area contributed by atoms with Crippen molar-refractivity contribution in [2.75, 3.05) is 18.1 Å². The minimum atomic E-state index is -3.55. The average molecular weight is 494 g/mol. The van der Waals surface area contributed by atoms with Crippen molar-refractivity contribution in [3.05, 3.63) is 83.7 Å². The molecule has 2 atom stereocenters. The summed E-state index contributed by atoms with van der Waals surface area (Å²) in [4.78, 5) is 17.4. The molecule has 0 amide bonds. The van der Waals surface area contributed by atoms with Gasteiger partial charge in [-0.1, -0.05) is 63.2 Å². The lowest BCUT2D eigenvalue weighted by molar-refractivity contribution is 0.0503. The summed E-state index contributed by atoms with van der Waals surface area (Å²) in [6.45, 7) is 5.86. The summed E-state index contributed by atoms with van der Waals surface area (Å²) >= 11 is 0. The highest BCUT2D eigenvalue weighted by molar-refractivity contribution is 7.92. The van der Waals surface area contributed by atoms with Crippen LogP contribution in [-0.4, -0.2) is 42.4 Å². The zero-order valence-corrected chi connectivity index (χ0v) is 21.1. The number of carbonyl (C=O) groups is 1. The average Bonchev–Trinajstić information content (AvgIpc) is 2.79. The van der Waals surface area contributed by atoms with Crippen LogP contribution in [0.5, 0.6) is 5.75 Å². The van der Waals surface area contributed by atoms with E-state index in [9.17, 15) is 18.3 Å². The molecule has 35 heavy (non-hydrogen) atoms. The topological polar surface area (TPSA) is 93.6 Å². The Bertz CT molecular complexity index is 1310. The minimum absolute atomic E-state index is 0.0574. The number of hydrogen-bond acceptors (Lipinski definition) is 6. The molecule has 2 heterocycles. The van der Waals surface area contributed by atoms with Gasteiger partial charge in [-0.3, -0.25) is 9.78 Å². The first-order valence-corrected chi connectivity index (χ1v) is 13.5. The molecule has 6 nitrogen and oxygen atoms in total. The molecule has 0 aliphatic carbocycles. The third-order valence-corrected chi connectivity index (χ3v) is 7.98. The van der Waals surface area contributed by atoms with Crippen LogP contribution in [-0.2, 0) is 16.3 Å². The number of nitrogens with zero attached hydrogens (tertiary/aromatic N) is 1. The van der Waals surface area contributed by atoms with Gasteiger partial charge in [-0.2, -0.15) is 0 Å². The maximum atomic E-state index is 13.0. The zero-order valence-electron chi connectivity index (χ0n) is 20.3. The molecule has 7 heteroatoms. The van der Waals surface area contributed by atoms with Crippen LogP contribution in [0.2, 0.25) is 0 Å². The summed E-state index contributed by atoms with van der Waals surface area (Å²) in [6.07, 6.45) is 1.64. The maximum Gasteiger partial charge on any atom is 0.178 e. The highest BCUT2D eigenvalue weighted by atomic mass is 32.2. The Kier molecular flexibility index (Phi) is 7.10. The number of carbonyl (C=O) groups excluding carboxylic acids is 1. The molecule has 3 aromatic rings. The second-order valence-corrected chi connectivity index (χ2v) is 12.4. The highest BCUT2D eigenvalue weighted by Gasteiger charge is 2.31. The zero-order chi connectivity index (χ0) is 25.2. The summed E-state index contributed by atoms with van der Waals surface area (Å²) in [6, 6.07) is 18.2. The summed E-state index contributed by atoms with van der Waals surface area (Å²) in [7, 11) is -3.55. The van der Waals surface area contributed by atoms with Crippen molar-refractivity contribution >= 4 is 15.6 Å². The van der Waals surface area contributed by atoms with E-state index in [1.54, 1.807) is 24.4 Å². The van der Waals surface area contributed by atoms with E-state index in [1.807, 2.05) is 63.2 Å². The fraction of sp³-hybridized carbons (Fsp3) is 0.357. The molecule has 0 saturated carbocycles. The van der Waals surface area contributed by atoms with Crippen molar-refractivity contribution < 1.29 is 23.1 Å². The molecule has 1 aliphatic rings. The van der Waals surface area contributed by atoms with E-state index in [2.05, 4.69) is 4.98 Å². The number of sulfone groups is 1. The Morgan fingerprint density at radius 2 is 1.83 bits per heavy atom. The molecule has 0 radical (unpaired) electrons. The lowest BCUT2D eigenvalue weighted by atomic mass is 9.88. The lowest BCUT2D eigenvalue weighted by Crippen LogP contribution is -2.28. The number of pyridine rings is 1. The third-order valence-electron chi connectivity index (χ3n) is 5.97. The third kappa shape index (κ3) is 6.16. The maximum absolute atomic E-state index is 13.0. The smallest absolute Gasteiger partial charge is 0.178 e. The molecule has 0 bridgehead atoms. The van der Waals surface area contributed by atoms with Gasteiger partial charge in [-0.25, -0.2) is 8.42 Å². The molecule has 2 unspecified atom stereocenters. The molecule has 0 fully saturated rings. The Hall–Kier alpha value is -3.03. The molecule has 0 saturated heterocycles. The van der Waals surface area contributed by atoms with Crippen LogP contribution in [0.3, 0.4) is 0 Å². The van der Waals surface area contributed by atoms with Crippen LogP contribution in [0.25, 0.3) is 11.1 Å². The Labute approximate surface area is 206 Å². The van der Waals surface area contributed by atoms with E-state index in [1.165, 1.54) is 0 Å². The summed E-state index contributed by atoms with van der Waals surface area (Å²) in [5, 5.41) is 11.0. The van der Waals surface area contributed by atoms with Crippen LogP contribution in [0.15, 0.2) is 66.9 Å². The fourth-order valence-electron chi connectivity index (χ4n) is 4.54. The van der Waals surface area contributed by atoms with Crippen molar-refractivity contribution in [2.24, 2.45) is 11.3 Å². The SMILES string of the molecule is CC(C)(C)CS(=O)(=O)CC(=O)c1ccccc1-c1ccc2c(c1)OCC(Cc1ccccn1)C2O. The van der Waals surface area contributed by atoms with E-state index >= 15 is 0 Å². The van der Waals surface area contributed by atoms with Crippen molar-refractivity contribution in [2.45, 2.75) is 33.3 Å². The summed E-state index contributed by atoms with van der Waals surface area (Å²) < 4.78 is 31.2. The first-order chi connectivity index (χ1) is 16.5. The van der Waals surface area contributed by atoms with E-state index in [-0.39, 0.29) is 11.7 Å². The van der Waals surface area contributed by atoms with E-state index < -0.39 is 32.9 Å². The first kappa shape index (κ1) is 25.1. The van der Waals surface area contributed by atoms with Crippen LogP contribution < -0.4 is 4.74 Å². The lowest BCUT2D eigenvalue weighted by Gasteiger charge is -2.30. The largest absolute Gasteiger partial charge is 0.493 e. The second kappa shape index (κ2) is 9.91. The number of aliphatic hydroxyl groups is 1. The van der Waals surface area contributed by atoms with Gasteiger partial charge in [0.2, 0.25) is 0 Å². The molecular formula is C28H31NO5S. The van der Waals surface area contributed by atoms with Gasteiger partial charge >= 0.3 is 0 Å². The number of fused-ring (bicyclic) bond motifs is 1. The normalized spacial score (nSPS) is 17.9. The van der Waals surface area contributed by atoms with Crippen LogP contribution in [0, 0.1) is 11.3 Å². The summed E-state index contributed by atoms with van der Waals surface area (Å²) in [5.74, 6) is -0.576. The fourth-order valence-corrected chi connectivity index (χ4v) is 6.51. The number of benzene rings is 2. The van der Waals surface area contributed by atoms with Gasteiger partial charge in [0, 0.05) is 28.9 Å². The van der Waals surface area contributed by atoms with E-state index in [0.717, 1.165) is 11.3 Å². The van der Waals surface area contributed by atoms with Crippen molar-refractivity contribution in [3.63, 3.8) is 0 Å². The molecular weight excluding hydrogens is 462 g/mol. The minimum Gasteiger partial charge on any atom is -0.493 e. The number of ether oxygens (including phenoxy) is 1. The van der Waals surface area contributed by atoms with E-state index in [0.29, 0.717) is 35.5 Å². The molecule has 1 aliphatic heterocycles. The second-order valence-electron chi connectivity index (χ2n) is 10.4. The van der Waals surface area contributed by atoms with Gasteiger partial charge in [0.15, 0.2) is 15.6 Å². The molecule has 2 aromatic carbocycles. The number of rotatable bonds is 7. The van der Waals surface area contributed by atoms with Crippen molar-refractivity contribution in [3.8, 4) is 16.9 Å². The highest BCUT2D eigenvalue weighted by Crippen LogP contribution is 2.39. The number of Topliss-reactive ketones (excluding diaryl/α,β-unsaturated/α-hetero) is 1. The van der Waals surface area contributed by atoms with Crippen LogP contribution in [0.4, 0.5) is 0 Å². The molecule has 0 spiro atoms. The first-order valence-electron chi connectivity index (χ1n) is 11.7. The Balaban J connectivity index is 1.57. The standard InChI is InChI=1S/C28H31NO5S/c1-28(2,3)18-35(32,33)17-25(30)23-10-5-4-9-22(23)19-11-12-24-26(15-19)34-16-20(27(24)31)14-21-8-6-7-13-29-21/h4-13,15,20,27,31H,14,16-18H2,1-3H3. The predicted octanol–water partition coefficient (Wildman–Crippen LogP) is 4.68. The Morgan fingerprint density at radius 1 is 1.09 bits per heavy atom. The number of hydrogen-bond donors (Lipinski definition) is 1. The van der Waals surface area contributed by atoms with Gasteiger partial charge < -0.3 is 9.84 Å². The van der Waals surface area contributed by atoms with Gasteiger partial charge in [-0.15, -0.1) is 0 Å². The molecule has 1 aromatic heterocycles. The van der Waals surface area contributed by atoms with Crippen LogP contribution >= 0.6 is 0 Å². The van der Waals surface area contributed by atoms with Gasteiger partial charge in [0.25, 0.3) is 0 Å². The van der Waals surface area contributed by atoms with Gasteiger partial charge in [0.05, 0.1) is 18.5 Å². The molecule has 184 valence electrons. The summed E-state index contributed by atoms with van der Waals surface area (Å²) in [5.41, 5.74) is 2.89. The van der Waals surface area contributed by atoms with Gasteiger partial charge in [0.1, 0.15) is 11.5 Å². The number of aromatic nitrogens is 1. The van der Waals surface area contributed by atoms with Crippen molar-refractivity contribution in [1.82, 2.24) is 4.98 Å². The quantitative estimate of drug-likeness (QED) is 0.481. The monoisotopic (exact) mass is 493 g/mol.